The summed E-state index contributed by atoms with van der Waals surface area (Å²) in [5.41, 5.74) is 3.76. The number of thiazole rings is 1. The van der Waals surface area contributed by atoms with Crippen molar-refractivity contribution in [1.29, 1.82) is 0 Å². The van der Waals surface area contributed by atoms with Crippen LogP contribution in [0.25, 0.3) is 17.0 Å². The second-order valence-corrected chi connectivity index (χ2v) is 9.29. The molecule has 1 unspecified atom stereocenters. The molecule has 172 valence electrons. The summed E-state index contributed by atoms with van der Waals surface area (Å²) in [7, 11) is 1.35. The molecule has 2 aromatic carbocycles. The van der Waals surface area contributed by atoms with E-state index in [1.165, 1.54) is 18.4 Å². The van der Waals surface area contributed by atoms with Crippen molar-refractivity contribution in [3.63, 3.8) is 0 Å². The van der Waals surface area contributed by atoms with E-state index in [1.807, 2.05) is 48.5 Å². The highest BCUT2D eigenvalue weighted by atomic mass is 32.1. The van der Waals surface area contributed by atoms with Crippen molar-refractivity contribution in [2.75, 3.05) is 7.11 Å². The fraction of sp³-hybridized carbons (Fsp3) is 0.222. The van der Waals surface area contributed by atoms with Crippen molar-refractivity contribution >= 4 is 34.3 Å². The number of para-hydroxylation sites is 1. The van der Waals surface area contributed by atoms with Gasteiger partial charge in [-0.05, 0) is 31.1 Å². The first kappa shape index (κ1) is 22.1. The van der Waals surface area contributed by atoms with Gasteiger partial charge >= 0.3 is 5.97 Å². The molecule has 0 saturated carbocycles. The van der Waals surface area contributed by atoms with E-state index < -0.39 is 12.0 Å². The molecular formula is C27H25N3O3S. The molecule has 6 nitrogen and oxygen atoms in total. The van der Waals surface area contributed by atoms with Crippen LogP contribution in [0.5, 0.6) is 0 Å². The van der Waals surface area contributed by atoms with Crippen LogP contribution < -0.4 is 14.9 Å². The van der Waals surface area contributed by atoms with Gasteiger partial charge in [0.2, 0.25) is 0 Å². The molecule has 3 heterocycles. The number of rotatable bonds is 5. The third-order valence-electron chi connectivity index (χ3n) is 6.11. The third-order valence-corrected chi connectivity index (χ3v) is 7.10. The number of hydrogen-bond donors (Lipinski definition) is 0. The van der Waals surface area contributed by atoms with Gasteiger partial charge in [0.1, 0.15) is 0 Å². The van der Waals surface area contributed by atoms with Crippen molar-refractivity contribution < 1.29 is 9.53 Å². The largest absolute Gasteiger partial charge is 0.466 e. The number of carbonyl (C=O) groups excluding carboxylic acids is 1. The Balaban J connectivity index is 1.75. The van der Waals surface area contributed by atoms with Gasteiger partial charge in [0.25, 0.3) is 5.56 Å². The van der Waals surface area contributed by atoms with E-state index in [1.54, 1.807) is 11.5 Å². The SMILES string of the molecule is CCCn1cc(C=c2sc3n(c2=O)C(c2ccccc2)C(C(=O)OC)=C(C)N=3)c2ccccc21. The molecule has 0 aliphatic carbocycles. The van der Waals surface area contributed by atoms with Crippen LogP contribution >= 0.6 is 11.3 Å². The second kappa shape index (κ2) is 8.91. The second-order valence-electron chi connectivity index (χ2n) is 8.28. The summed E-state index contributed by atoms with van der Waals surface area (Å²) in [6.07, 6.45) is 5.07. The molecule has 1 aliphatic rings. The Morgan fingerprint density at radius 3 is 2.62 bits per heavy atom. The van der Waals surface area contributed by atoms with Gasteiger partial charge in [-0.2, -0.15) is 0 Å². The summed E-state index contributed by atoms with van der Waals surface area (Å²) < 4.78 is 9.49. The Hall–Kier alpha value is -3.71. The first-order valence-corrected chi connectivity index (χ1v) is 12.1. The highest BCUT2D eigenvalue weighted by Crippen LogP contribution is 2.30. The number of allylic oxidation sites excluding steroid dienone is 1. The molecule has 7 heteroatoms. The van der Waals surface area contributed by atoms with E-state index in [9.17, 15) is 9.59 Å². The average molecular weight is 472 g/mol. The van der Waals surface area contributed by atoms with Crippen molar-refractivity contribution in [2.24, 2.45) is 4.99 Å². The lowest BCUT2D eigenvalue weighted by molar-refractivity contribution is -0.136. The summed E-state index contributed by atoms with van der Waals surface area (Å²) >= 11 is 1.34. The maximum Gasteiger partial charge on any atom is 0.338 e. The van der Waals surface area contributed by atoms with Crippen LogP contribution in [0.15, 0.2) is 81.9 Å². The highest BCUT2D eigenvalue weighted by Gasteiger charge is 2.32. The molecule has 34 heavy (non-hydrogen) atoms. The van der Waals surface area contributed by atoms with Crippen LogP contribution in [-0.2, 0) is 16.1 Å². The standard InChI is InChI=1S/C27H25N3O3S/c1-4-14-29-16-19(20-12-8-9-13-21(20)29)15-22-25(31)30-24(18-10-6-5-7-11-18)23(26(32)33-3)17(2)28-27(30)34-22/h5-13,15-16,24H,4,14H2,1-3H3. The minimum Gasteiger partial charge on any atom is -0.466 e. The molecule has 5 rings (SSSR count). The molecule has 0 spiro atoms. The number of aromatic nitrogens is 2. The minimum atomic E-state index is -0.589. The number of aryl methyl sites for hydroxylation is 1. The number of esters is 1. The molecule has 0 bridgehead atoms. The van der Waals surface area contributed by atoms with E-state index in [4.69, 9.17) is 4.74 Å². The molecule has 4 aromatic rings. The number of benzene rings is 2. The fourth-order valence-corrected chi connectivity index (χ4v) is 5.64. The minimum absolute atomic E-state index is 0.168. The Morgan fingerprint density at radius 1 is 1.15 bits per heavy atom. The van der Waals surface area contributed by atoms with Crippen LogP contribution in [0.1, 0.15) is 37.4 Å². The van der Waals surface area contributed by atoms with E-state index in [2.05, 4.69) is 34.8 Å². The molecular weight excluding hydrogens is 446 g/mol. The lowest BCUT2D eigenvalue weighted by Gasteiger charge is -2.24. The molecule has 0 fully saturated rings. The first-order valence-electron chi connectivity index (χ1n) is 11.3. The maximum absolute atomic E-state index is 13.7. The normalized spacial score (nSPS) is 16.0. The molecule has 0 saturated heterocycles. The lowest BCUT2D eigenvalue weighted by Crippen LogP contribution is -2.39. The number of ether oxygens (including phenoxy) is 1. The molecule has 0 radical (unpaired) electrons. The van der Waals surface area contributed by atoms with E-state index in [0.717, 1.165) is 35.0 Å². The van der Waals surface area contributed by atoms with Gasteiger partial charge in [0, 0.05) is 29.2 Å². The van der Waals surface area contributed by atoms with Crippen molar-refractivity contribution in [2.45, 2.75) is 32.9 Å². The predicted octanol–water partition coefficient (Wildman–Crippen LogP) is 3.77. The Morgan fingerprint density at radius 2 is 1.88 bits per heavy atom. The zero-order valence-electron chi connectivity index (χ0n) is 19.3. The van der Waals surface area contributed by atoms with Gasteiger partial charge < -0.3 is 9.30 Å². The lowest BCUT2D eigenvalue weighted by atomic mass is 9.96. The van der Waals surface area contributed by atoms with Gasteiger partial charge in [0.05, 0.1) is 29.0 Å². The summed E-state index contributed by atoms with van der Waals surface area (Å²) in [5, 5.41) is 1.10. The van der Waals surface area contributed by atoms with Crippen molar-refractivity contribution in [3.05, 3.63) is 103 Å². The van der Waals surface area contributed by atoms with Gasteiger partial charge in [-0.15, -0.1) is 0 Å². The topological polar surface area (TPSA) is 65.6 Å². The van der Waals surface area contributed by atoms with E-state index >= 15 is 0 Å². The van der Waals surface area contributed by atoms with Gasteiger partial charge in [-0.25, -0.2) is 9.79 Å². The van der Waals surface area contributed by atoms with Crippen molar-refractivity contribution in [3.8, 4) is 0 Å². The van der Waals surface area contributed by atoms with E-state index in [-0.39, 0.29) is 5.56 Å². The quantitative estimate of drug-likeness (QED) is 0.416. The van der Waals surface area contributed by atoms with Crippen LogP contribution in [0, 0.1) is 0 Å². The average Bonchev–Trinajstić information content (AvgIpc) is 3.35. The van der Waals surface area contributed by atoms with Crippen LogP contribution in [0.2, 0.25) is 0 Å². The summed E-state index contributed by atoms with van der Waals surface area (Å²) in [5.74, 6) is -0.480. The maximum atomic E-state index is 13.7. The number of fused-ring (bicyclic) bond motifs is 2. The van der Waals surface area contributed by atoms with E-state index in [0.29, 0.717) is 20.6 Å². The predicted molar refractivity (Wildman–Crippen MR) is 134 cm³/mol. The zero-order valence-corrected chi connectivity index (χ0v) is 20.1. The fourth-order valence-electron chi connectivity index (χ4n) is 4.60. The third kappa shape index (κ3) is 3.62. The number of hydrogen-bond acceptors (Lipinski definition) is 5. The summed E-state index contributed by atoms with van der Waals surface area (Å²) in [6, 6.07) is 17.2. The van der Waals surface area contributed by atoms with Gasteiger partial charge in [-0.3, -0.25) is 9.36 Å². The molecule has 0 amide bonds. The van der Waals surface area contributed by atoms with Crippen LogP contribution in [-0.4, -0.2) is 22.2 Å². The van der Waals surface area contributed by atoms with Gasteiger partial charge in [-0.1, -0.05) is 66.8 Å². The number of methoxy groups -OCH3 is 1. The Kier molecular flexibility index (Phi) is 5.79. The molecule has 1 aliphatic heterocycles. The smallest absolute Gasteiger partial charge is 0.338 e. The van der Waals surface area contributed by atoms with Crippen molar-refractivity contribution in [1.82, 2.24) is 9.13 Å². The molecule has 2 aromatic heterocycles. The van der Waals surface area contributed by atoms with Gasteiger partial charge in [0.15, 0.2) is 4.80 Å². The number of carbonyl (C=O) groups is 1. The zero-order chi connectivity index (χ0) is 23.8. The monoisotopic (exact) mass is 471 g/mol. The Bertz CT molecular complexity index is 1610. The van der Waals surface area contributed by atoms with Crippen LogP contribution in [0.4, 0.5) is 0 Å². The molecule has 1 atom stereocenters. The Labute approximate surface area is 200 Å². The van der Waals surface area contributed by atoms with Crippen LogP contribution in [0.3, 0.4) is 0 Å². The first-order chi connectivity index (χ1) is 16.5. The highest BCUT2D eigenvalue weighted by molar-refractivity contribution is 7.07. The molecule has 0 N–H and O–H groups in total. The summed E-state index contributed by atoms with van der Waals surface area (Å²) in [4.78, 5) is 31.7. The summed E-state index contributed by atoms with van der Waals surface area (Å²) in [6.45, 7) is 4.85. The number of nitrogens with zero attached hydrogens (tertiary/aromatic N) is 3.